The second-order valence-electron chi connectivity index (χ2n) is 2.08. The van der Waals surface area contributed by atoms with Gasteiger partial charge in [-0.2, -0.15) is 8.78 Å². The van der Waals surface area contributed by atoms with E-state index in [1.165, 1.54) is 18.2 Å². The van der Waals surface area contributed by atoms with E-state index in [0.717, 1.165) is 0 Å². The van der Waals surface area contributed by atoms with E-state index in [1.807, 2.05) is 0 Å². The van der Waals surface area contributed by atoms with Gasteiger partial charge in [0, 0.05) is 0 Å². The molecule has 0 aromatic heterocycles. The van der Waals surface area contributed by atoms with E-state index in [2.05, 4.69) is 17.4 Å². The zero-order valence-corrected chi connectivity index (χ0v) is 6.26. The molecule has 0 spiro atoms. The van der Waals surface area contributed by atoms with Gasteiger partial charge in [0.2, 0.25) is 0 Å². The fraction of sp³-hybridized carbons (Fsp3) is 0.111. The van der Waals surface area contributed by atoms with Crippen molar-refractivity contribution >= 4 is 6.08 Å². The molecule has 0 aliphatic carbocycles. The quantitative estimate of drug-likeness (QED) is 0.676. The number of hydrogen-bond donors (Lipinski definition) is 0. The highest BCUT2D eigenvalue weighted by Crippen LogP contribution is 2.15. The molecule has 1 rings (SSSR count). The Labute approximate surface area is 69.3 Å². The standard InChI is InChI=1S/C9H7F2O/c1-2-7-4-3-5-8(6-7)12-9(10)11/h2,4-6,9H,1H2. The molecule has 0 amide bonds. The Balaban J connectivity index is 2.79. The van der Waals surface area contributed by atoms with Gasteiger partial charge in [0.15, 0.2) is 0 Å². The molecule has 1 nitrogen and oxygen atoms in total. The number of alkyl halides is 2. The first-order valence-electron chi connectivity index (χ1n) is 3.31. The molecular formula is C9H7F2O. The second-order valence-corrected chi connectivity index (χ2v) is 2.08. The Kier molecular flexibility index (Phi) is 2.80. The fourth-order valence-corrected chi connectivity index (χ4v) is 0.756. The predicted molar refractivity (Wildman–Crippen MR) is 42.0 cm³/mol. The summed E-state index contributed by atoms with van der Waals surface area (Å²) >= 11 is 0. The number of rotatable bonds is 3. The summed E-state index contributed by atoms with van der Waals surface area (Å²) in [6, 6.07) is 7.10. The van der Waals surface area contributed by atoms with Crippen LogP contribution in [0.3, 0.4) is 0 Å². The zero-order valence-electron chi connectivity index (χ0n) is 6.26. The highest BCUT2D eigenvalue weighted by Gasteiger charge is 2.02. The Hall–Kier alpha value is -1.38. The van der Waals surface area contributed by atoms with Gasteiger partial charge in [0.1, 0.15) is 5.75 Å². The summed E-state index contributed by atoms with van der Waals surface area (Å²) in [4.78, 5) is 0. The number of benzene rings is 1. The smallest absolute Gasteiger partial charge is 0.387 e. The van der Waals surface area contributed by atoms with Gasteiger partial charge in [-0.1, -0.05) is 12.7 Å². The Bertz CT molecular complexity index is 271. The van der Waals surface area contributed by atoms with Gasteiger partial charge in [-0.3, -0.25) is 0 Å². The van der Waals surface area contributed by atoms with Crippen LogP contribution in [0.4, 0.5) is 8.78 Å². The van der Waals surface area contributed by atoms with Crippen molar-refractivity contribution in [3.05, 3.63) is 36.4 Å². The summed E-state index contributed by atoms with van der Waals surface area (Å²) in [6.07, 6.45) is 1.54. The summed E-state index contributed by atoms with van der Waals surface area (Å²) in [7, 11) is 0. The highest BCUT2D eigenvalue weighted by molar-refractivity contribution is 5.49. The lowest BCUT2D eigenvalue weighted by Crippen LogP contribution is -2.01. The van der Waals surface area contributed by atoms with Crippen molar-refractivity contribution in [2.24, 2.45) is 0 Å². The van der Waals surface area contributed by atoms with E-state index in [-0.39, 0.29) is 5.75 Å². The van der Waals surface area contributed by atoms with Crippen LogP contribution in [0, 0.1) is 6.07 Å². The summed E-state index contributed by atoms with van der Waals surface area (Å²) in [5.41, 5.74) is 0.702. The third kappa shape index (κ3) is 2.34. The average Bonchev–Trinajstić information content (AvgIpc) is 2.03. The summed E-state index contributed by atoms with van der Waals surface area (Å²) in [5.74, 6) is 0.0994. The van der Waals surface area contributed by atoms with Crippen LogP contribution in [0.25, 0.3) is 6.08 Å². The van der Waals surface area contributed by atoms with Gasteiger partial charge in [-0.05, 0) is 29.8 Å². The molecule has 0 aliphatic heterocycles. The number of ether oxygens (including phenoxy) is 1. The van der Waals surface area contributed by atoms with Gasteiger partial charge in [0.05, 0.1) is 0 Å². The molecule has 0 heterocycles. The van der Waals surface area contributed by atoms with Crippen LogP contribution in [-0.2, 0) is 0 Å². The third-order valence-electron chi connectivity index (χ3n) is 1.25. The molecule has 0 saturated heterocycles. The van der Waals surface area contributed by atoms with E-state index in [9.17, 15) is 8.78 Å². The van der Waals surface area contributed by atoms with Crippen molar-refractivity contribution in [2.75, 3.05) is 0 Å². The number of hydrogen-bond acceptors (Lipinski definition) is 1. The minimum absolute atomic E-state index is 0.0994. The van der Waals surface area contributed by atoms with Crippen molar-refractivity contribution in [1.82, 2.24) is 0 Å². The molecule has 0 aliphatic rings. The van der Waals surface area contributed by atoms with E-state index >= 15 is 0 Å². The zero-order chi connectivity index (χ0) is 8.97. The van der Waals surface area contributed by atoms with E-state index in [4.69, 9.17) is 0 Å². The molecule has 63 valence electrons. The minimum Gasteiger partial charge on any atom is -0.435 e. The molecule has 1 aromatic carbocycles. The lowest BCUT2D eigenvalue weighted by Gasteiger charge is -2.03. The predicted octanol–water partition coefficient (Wildman–Crippen LogP) is 2.73. The van der Waals surface area contributed by atoms with E-state index in [1.54, 1.807) is 6.07 Å². The van der Waals surface area contributed by atoms with Crippen molar-refractivity contribution in [3.63, 3.8) is 0 Å². The molecule has 0 bridgehead atoms. The summed E-state index contributed by atoms with van der Waals surface area (Å²) in [6.45, 7) is 0.695. The topological polar surface area (TPSA) is 9.23 Å². The van der Waals surface area contributed by atoms with Crippen molar-refractivity contribution in [3.8, 4) is 5.75 Å². The third-order valence-corrected chi connectivity index (χ3v) is 1.25. The van der Waals surface area contributed by atoms with Crippen LogP contribution >= 0.6 is 0 Å². The molecule has 0 fully saturated rings. The first-order valence-corrected chi connectivity index (χ1v) is 3.31. The fourth-order valence-electron chi connectivity index (χ4n) is 0.756. The maximum atomic E-state index is 11.7. The average molecular weight is 169 g/mol. The molecule has 0 unspecified atom stereocenters. The van der Waals surface area contributed by atoms with Crippen LogP contribution in [0.5, 0.6) is 5.75 Å². The largest absolute Gasteiger partial charge is 0.435 e. The first-order chi connectivity index (χ1) is 5.72. The lowest BCUT2D eigenvalue weighted by atomic mass is 10.2. The molecule has 3 heteroatoms. The Morgan fingerprint density at radius 2 is 2.25 bits per heavy atom. The van der Waals surface area contributed by atoms with Crippen LogP contribution in [-0.4, -0.2) is 6.61 Å². The second kappa shape index (κ2) is 3.85. The van der Waals surface area contributed by atoms with Crippen LogP contribution in [0.1, 0.15) is 5.56 Å². The molecule has 12 heavy (non-hydrogen) atoms. The van der Waals surface area contributed by atoms with Crippen molar-refractivity contribution in [2.45, 2.75) is 6.61 Å². The SMILES string of the molecule is C=Cc1c[c]cc(OC(F)F)c1. The normalized spacial score (nSPS) is 9.92. The molecule has 0 atom stereocenters. The first kappa shape index (κ1) is 8.71. The lowest BCUT2D eigenvalue weighted by molar-refractivity contribution is -0.0498. The molecule has 1 aromatic rings. The van der Waals surface area contributed by atoms with Gasteiger partial charge < -0.3 is 4.74 Å². The maximum Gasteiger partial charge on any atom is 0.387 e. The monoisotopic (exact) mass is 169 g/mol. The highest BCUT2D eigenvalue weighted by atomic mass is 19.3. The van der Waals surface area contributed by atoms with Crippen molar-refractivity contribution in [1.29, 1.82) is 0 Å². The summed E-state index contributed by atoms with van der Waals surface area (Å²) in [5, 5.41) is 0. The molecule has 0 N–H and O–H groups in total. The molecular weight excluding hydrogens is 162 g/mol. The number of halogens is 2. The van der Waals surface area contributed by atoms with E-state index in [0.29, 0.717) is 5.56 Å². The van der Waals surface area contributed by atoms with Crippen LogP contribution in [0.2, 0.25) is 0 Å². The minimum atomic E-state index is -2.79. The Morgan fingerprint density at radius 1 is 1.50 bits per heavy atom. The van der Waals surface area contributed by atoms with Gasteiger partial charge in [-0.25, -0.2) is 0 Å². The van der Waals surface area contributed by atoms with Crippen LogP contribution in [0.15, 0.2) is 24.8 Å². The summed E-state index contributed by atoms with van der Waals surface area (Å²) < 4.78 is 27.5. The maximum absolute atomic E-state index is 11.7. The van der Waals surface area contributed by atoms with Crippen molar-refractivity contribution < 1.29 is 13.5 Å². The van der Waals surface area contributed by atoms with Gasteiger partial charge in [0.25, 0.3) is 0 Å². The van der Waals surface area contributed by atoms with Crippen LogP contribution < -0.4 is 4.74 Å². The Morgan fingerprint density at radius 3 is 2.83 bits per heavy atom. The van der Waals surface area contributed by atoms with Gasteiger partial charge in [-0.15, -0.1) is 0 Å². The molecule has 1 radical (unpaired) electrons. The van der Waals surface area contributed by atoms with Gasteiger partial charge >= 0.3 is 6.61 Å². The molecule has 0 saturated carbocycles. The van der Waals surface area contributed by atoms with E-state index < -0.39 is 6.61 Å².